The van der Waals surface area contributed by atoms with E-state index in [1.54, 1.807) is 11.8 Å². The predicted molar refractivity (Wildman–Crippen MR) is 110 cm³/mol. The Kier molecular flexibility index (Phi) is 8.80. The van der Waals surface area contributed by atoms with Crippen LogP contribution in [0.2, 0.25) is 0 Å². The molecule has 2 aromatic rings. The lowest BCUT2D eigenvalue weighted by Crippen LogP contribution is -2.18. The number of hydrogen-bond acceptors (Lipinski definition) is 3. The molecule has 0 radical (unpaired) electrons. The molecule has 2 rings (SSSR count). The predicted octanol–water partition coefficient (Wildman–Crippen LogP) is 5.71. The highest BCUT2D eigenvalue weighted by Gasteiger charge is 2.11. The Morgan fingerprint density at radius 1 is 0.760 bits per heavy atom. The number of rotatable bonds is 10. The summed E-state index contributed by atoms with van der Waals surface area (Å²) in [5.41, 5.74) is 2.24. The Hall–Kier alpha value is -1.03. The van der Waals surface area contributed by atoms with Crippen molar-refractivity contribution in [2.24, 2.45) is 0 Å². The first-order valence-corrected chi connectivity index (χ1v) is 10.3. The zero-order valence-corrected chi connectivity index (χ0v) is 16.9. The fraction of sp³-hybridized carbons (Fsp3) is 0.400. The monoisotopic (exact) mass is 398 g/mol. The van der Waals surface area contributed by atoms with E-state index in [0.29, 0.717) is 13.2 Å². The van der Waals surface area contributed by atoms with Crippen LogP contribution < -0.4 is 9.47 Å². The molecule has 136 valence electrons. The van der Waals surface area contributed by atoms with Gasteiger partial charge in [-0.2, -0.15) is 11.8 Å². The molecule has 0 heterocycles. The fourth-order valence-electron chi connectivity index (χ4n) is 2.22. The Morgan fingerprint density at radius 2 is 1.16 bits per heavy atom. The molecule has 5 heteroatoms. The lowest BCUT2D eigenvalue weighted by atomic mass is 10.2. The molecule has 0 bridgehead atoms. The molecular formula is C20H24Cl2O2S. The molecule has 0 N–H and O–H groups in total. The van der Waals surface area contributed by atoms with Gasteiger partial charge in [-0.15, -0.1) is 23.2 Å². The van der Waals surface area contributed by atoms with Gasteiger partial charge >= 0.3 is 0 Å². The molecule has 0 aliphatic carbocycles. The van der Waals surface area contributed by atoms with E-state index < -0.39 is 0 Å². The molecule has 2 atom stereocenters. The average molecular weight is 399 g/mol. The van der Waals surface area contributed by atoms with Gasteiger partial charge in [0.25, 0.3) is 0 Å². The van der Waals surface area contributed by atoms with Crippen LogP contribution in [0.3, 0.4) is 0 Å². The van der Waals surface area contributed by atoms with Crippen molar-refractivity contribution in [3.8, 4) is 11.5 Å². The first-order valence-electron chi connectivity index (χ1n) is 8.29. The average Bonchev–Trinajstić information content (AvgIpc) is 2.60. The molecule has 0 aliphatic heterocycles. The summed E-state index contributed by atoms with van der Waals surface area (Å²) in [6, 6.07) is 15.9. The quantitative estimate of drug-likeness (QED) is 0.477. The topological polar surface area (TPSA) is 18.5 Å². The van der Waals surface area contributed by atoms with E-state index in [0.717, 1.165) is 34.1 Å². The molecule has 0 aromatic heterocycles. The van der Waals surface area contributed by atoms with Gasteiger partial charge in [-0.1, -0.05) is 36.4 Å². The van der Waals surface area contributed by atoms with E-state index in [1.807, 2.05) is 62.4 Å². The van der Waals surface area contributed by atoms with E-state index in [2.05, 4.69) is 0 Å². The highest BCUT2D eigenvalue weighted by Crippen LogP contribution is 2.20. The van der Waals surface area contributed by atoms with Gasteiger partial charge in [-0.05, 0) is 37.1 Å². The summed E-state index contributed by atoms with van der Waals surface area (Å²) < 4.78 is 11.5. The molecule has 0 fully saturated rings. The summed E-state index contributed by atoms with van der Waals surface area (Å²) >= 11 is 14.4. The maximum Gasteiger partial charge on any atom is 0.122 e. The van der Waals surface area contributed by atoms with Gasteiger partial charge in [0.05, 0.1) is 10.8 Å². The van der Waals surface area contributed by atoms with Gasteiger partial charge < -0.3 is 9.47 Å². The van der Waals surface area contributed by atoms with Crippen LogP contribution in [0.25, 0.3) is 0 Å². The third-order valence-electron chi connectivity index (χ3n) is 3.62. The maximum atomic E-state index is 6.34. The van der Waals surface area contributed by atoms with Crippen LogP contribution in [0.5, 0.6) is 11.5 Å². The summed E-state index contributed by atoms with van der Waals surface area (Å²) in [5, 5.41) is -0.100. The normalized spacial score (nSPS) is 13.3. The number of hydrogen-bond donors (Lipinski definition) is 0. The van der Waals surface area contributed by atoms with Crippen molar-refractivity contribution in [3.63, 3.8) is 0 Å². The number of alkyl halides is 2. The van der Waals surface area contributed by atoms with Crippen molar-refractivity contribution in [1.29, 1.82) is 0 Å². The van der Waals surface area contributed by atoms with Crippen molar-refractivity contribution in [1.82, 2.24) is 0 Å². The second-order valence-electron chi connectivity index (χ2n) is 5.89. The summed E-state index contributed by atoms with van der Waals surface area (Å²) in [4.78, 5) is 0. The van der Waals surface area contributed by atoms with Gasteiger partial charge in [-0.3, -0.25) is 0 Å². The molecule has 0 saturated carbocycles. The van der Waals surface area contributed by atoms with Gasteiger partial charge in [0.15, 0.2) is 0 Å². The SMILES string of the molecule is Cc1ccccc1OC[C@@H](Cl)CSC[C@@H](Cl)COc1ccccc1C. The van der Waals surface area contributed by atoms with Crippen LogP contribution >= 0.6 is 35.0 Å². The van der Waals surface area contributed by atoms with Crippen LogP contribution in [0.1, 0.15) is 11.1 Å². The van der Waals surface area contributed by atoms with Crippen molar-refractivity contribution < 1.29 is 9.47 Å². The highest BCUT2D eigenvalue weighted by molar-refractivity contribution is 7.99. The second-order valence-corrected chi connectivity index (χ2v) is 8.19. The van der Waals surface area contributed by atoms with Gasteiger partial charge in [0, 0.05) is 11.5 Å². The molecular weight excluding hydrogens is 375 g/mol. The van der Waals surface area contributed by atoms with Crippen LogP contribution in [-0.2, 0) is 0 Å². The molecule has 25 heavy (non-hydrogen) atoms. The number of halogens is 2. The molecule has 0 amide bonds. The molecule has 0 aliphatic rings. The number of aryl methyl sites for hydroxylation is 2. The largest absolute Gasteiger partial charge is 0.492 e. The zero-order valence-electron chi connectivity index (χ0n) is 14.6. The summed E-state index contributed by atoms with van der Waals surface area (Å²) in [7, 11) is 0. The fourth-order valence-corrected chi connectivity index (χ4v) is 3.72. The first kappa shape index (κ1) is 20.3. The summed E-state index contributed by atoms with van der Waals surface area (Å²) in [5.74, 6) is 3.36. The van der Waals surface area contributed by atoms with Crippen LogP contribution in [0, 0.1) is 13.8 Å². The Labute approximate surface area is 164 Å². The van der Waals surface area contributed by atoms with E-state index >= 15 is 0 Å². The number of thioether (sulfide) groups is 1. The standard InChI is InChI=1S/C20H24Cl2O2S/c1-15-7-3-5-9-19(15)23-11-17(21)13-25-14-18(22)12-24-20-10-6-4-8-16(20)2/h3-10,17-18H,11-14H2,1-2H3/t17-,18+. The Balaban J connectivity index is 1.61. The smallest absolute Gasteiger partial charge is 0.122 e. The maximum absolute atomic E-state index is 6.34. The van der Waals surface area contributed by atoms with Crippen molar-refractivity contribution >= 4 is 35.0 Å². The summed E-state index contributed by atoms with van der Waals surface area (Å²) in [6.07, 6.45) is 0. The summed E-state index contributed by atoms with van der Waals surface area (Å²) in [6.45, 7) is 5.04. The van der Waals surface area contributed by atoms with Crippen LogP contribution in [-0.4, -0.2) is 35.5 Å². The van der Waals surface area contributed by atoms with Gasteiger partial charge in [0.1, 0.15) is 24.7 Å². The number of ether oxygens (including phenoxy) is 2. The molecule has 2 nitrogen and oxygen atoms in total. The molecule has 2 aromatic carbocycles. The van der Waals surface area contributed by atoms with Crippen molar-refractivity contribution in [2.45, 2.75) is 24.6 Å². The third kappa shape index (κ3) is 7.39. The molecule has 0 unspecified atom stereocenters. The van der Waals surface area contributed by atoms with Crippen LogP contribution in [0.15, 0.2) is 48.5 Å². The zero-order chi connectivity index (χ0) is 18.1. The number of para-hydroxylation sites is 2. The van der Waals surface area contributed by atoms with E-state index in [9.17, 15) is 0 Å². The molecule has 0 saturated heterocycles. The van der Waals surface area contributed by atoms with E-state index in [1.165, 1.54) is 0 Å². The lowest BCUT2D eigenvalue weighted by molar-refractivity contribution is 0.318. The van der Waals surface area contributed by atoms with Gasteiger partial charge in [0.2, 0.25) is 0 Å². The minimum absolute atomic E-state index is 0.0502. The minimum atomic E-state index is -0.0502. The first-order chi connectivity index (χ1) is 12.1. The molecule has 0 spiro atoms. The second kappa shape index (κ2) is 10.8. The third-order valence-corrected chi connectivity index (χ3v) is 5.83. The van der Waals surface area contributed by atoms with E-state index in [4.69, 9.17) is 32.7 Å². The van der Waals surface area contributed by atoms with Crippen molar-refractivity contribution in [2.75, 3.05) is 24.7 Å². The van der Waals surface area contributed by atoms with Crippen molar-refractivity contribution in [3.05, 3.63) is 59.7 Å². The van der Waals surface area contributed by atoms with E-state index in [-0.39, 0.29) is 10.8 Å². The Morgan fingerprint density at radius 3 is 1.56 bits per heavy atom. The lowest BCUT2D eigenvalue weighted by Gasteiger charge is -2.15. The van der Waals surface area contributed by atoms with Gasteiger partial charge in [-0.25, -0.2) is 0 Å². The Bertz CT molecular complexity index is 596. The highest BCUT2D eigenvalue weighted by atomic mass is 35.5. The minimum Gasteiger partial charge on any atom is -0.492 e. The van der Waals surface area contributed by atoms with Crippen LogP contribution in [0.4, 0.5) is 0 Å². The number of benzene rings is 2.